The van der Waals surface area contributed by atoms with Gasteiger partial charge in [-0.3, -0.25) is 4.98 Å². The van der Waals surface area contributed by atoms with Crippen LogP contribution in [0.5, 0.6) is 0 Å². The van der Waals surface area contributed by atoms with Crippen molar-refractivity contribution in [3.05, 3.63) is 30.7 Å². The number of hydrogen-bond acceptors (Lipinski definition) is 4. The Morgan fingerprint density at radius 3 is 2.73 bits per heavy atom. The molecule has 0 aliphatic carbocycles. The molecule has 2 rings (SSSR count). The first-order chi connectivity index (χ1) is 5.47. The third kappa shape index (κ3) is 1.10. The normalized spacial score (nSPS) is 9.82. The molecule has 0 aliphatic rings. The molecule has 0 aromatic carbocycles. The van der Waals surface area contributed by atoms with E-state index in [-0.39, 0.29) is 0 Å². The van der Waals surface area contributed by atoms with Crippen LogP contribution in [-0.2, 0) is 0 Å². The predicted molar refractivity (Wildman–Crippen MR) is 36.4 cm³/mol. The maximum absolute atomic E-state index is 4.78. The van der Waals surface area contributed by atoms with Crippen molar-refractivity contribution in [2.75, 3.05) is 0 Å². The molecule has 0 N–H and O–H groups in total. The van der Waals surface area contributed by atoms with Gasteiger partial charge in [0.05, 0.1) is 0 Å². The molecule has 2 heterocycles. The summed E-state index contributed by atoms with van der Waals surface area (Å²) in [5.41, 5.74) is 0.880. The lowest BCUT2D eigenvalue weighted by atomic mass is 10.2. The van der Waals surface area contributed by atoms with Gasteiger partial charge in [-0.05, 0) is 12.1 Å². The van der Waals surface area contributed by atoms with Gasteiger partial charge >= 0.3 is 0 Å². The highest BCUT2D eigenvalue weighted by molar-refractivity contribution is 5.53. The highest BCUT2D eigenvalue weighted by Crippen LogP contribution is 2.14. The minimum absolute atomic E-state index is 0.535. The van der Waals surface area contributed by atoms with Crippen molar-refractivity contribution in [2.45, 2.75) is 0 Å². The van der Waals surface area contributed by atoms with E-state index in [1.807, 2.05) is 0 Å². The van der Waals surface area contributed by atoms with Crippen molar-refractivity contribution >= 4 is 0 Å². The Hall–Kier alpha value is -1.71. The van der Waals surface area contributed by atoms with E-state index in [4.69, 9.17) is 4.52 Å². The molecule has 11 heavy (non-hydrogen) atoms. The molecule has 0 saturated heterocycles. The molecule has 0 atom stereocenters. The Morgan fingerprint density at radius 1 is 1.27 bits per heavy atom. The van der Waals surface area contributed by atoms with Crippen LogP contribution in [0.4, 0.5) is 0 Å². The van der Waals surface area contributed by atoms with Crippen LogP contribution in [0.25, 0.3) is 11.3 Å². The number of aromatic nitrogens is 3. The fourth-order valence-corrected chi connectivity index (χ4v) is 0.768. The summed E-state index contributed by atoms with van der Waals surface area (Å²) in [5, 5.41) is 6.73. The van der Waals surface area contributed by atoms with E-state index in [1.54, 1.807) is 24.5 Å². The van der Waals surface area contributed by atoms with Crippen LogP contribution >= 0.6 is 0 Å². The van der Waals surface area contributed by atoms with Gasteiger partial charge in [0.2, 0.25) is 0 Å². The van der Waals surface area contributed by atoms with E-state index >= 15 is 0 Å². The summed E-state index contributed by atoms with van der Waals surface area (Å²) in [7, 11) is 0. The van der Waals surface area contributed by atoms with Gasteiger partial charge in [0.25, 0.3) is 0 Å². The average molecular weight is 146 g/mol. The zero-order chi connectivity index (χ0) is 7.52. The second kappa shape index (κ2) is 2.49. The number of hydrogen-bond donors (Lipinski definition) is 0. The molecule has 53 valence electrons. The molecule has 1 radical (unpaired) electrons. The Morgan fingerprint density at radius 2 is 2.09 bits per heavy atom. The Labute approximate surface area is 62.9 Å². The smallest absolute Gasteiger partial charge is 0.197 e. The highest BCUT2D eigenvalue weighted by Gasteiger charge is 2.00. The summed E-state index contributed by atoms with van der Waals surface area (Å²) in [4.78, 5) is 3.86. The molecular formula is C7H4N3O. The summed E-state index contributed by atoms with van der Waals surface area (Å²) in [6.07, 6.45) is 5.94. The van der Waals surface area contributed by atoms with Gasteiger partial charge in [0, 0.05) is 23.2 Å². The summed E-state index contributed by atoms with van der Waals surface area (Å²) >= 11 is 0. The topological polar surface area (TPSA) is 51.8 Å². The standard InChI is InChI=1S/C7H4N3O/c1-3-8-4-2-6(1)7-5-9-10-11-7/h1-4H. The first-order valence-corrected chi connectivity index (χ1v) is 3.07. The van der Waals surface area contributed by atoms with Crippen LogP contribution in [0, 0.1) is 6.20 Å². The lowest BCUT2D eigenvalue weighted by Gasteiger charge is -1.88. The SMILES string of the molecule is [c]1nnoc1-c1ccncc1. The van der Waals surface area contributed by atoms with E-state index in [0.717, 1.165) is 5.56 Å². The zero-order valence-corrected chi connectivity index (χ0v) is 5.56. The van der Waals surface area contributed by atoms with Crippen LogP contribution in [0.15, 0.2) is 29.0 Å². The summed E-state index contributed by atoms with van der Waals surface area (Å²) in [6.45, 7) is 0. The second-order valence-electron chi connectivity index (χ2n) is 1.95. The fraction of sp³-hybridized carbons (Fsp3) is 0. The monoisotopic (exact) mass is 146 g/mol. The highest BCUT2D eigenvalue weighted by atomic mass is 16.5. The number of pyridine rings is 1. The van der Waals surface area contributed by atoms with Gasteiger partial charge in [0.1, 0.15) is 0 Å². The van der Waals surface area contributed by atoms with Gasteiger partial charge in [-0.25, -0.2) is 0 Å². The van der Waals surface area contributed by atoms with Crippen LogP contribution < -0.4 is 0 Å². The van der Waals surface area contributed by atoms with E-state index in [1.165, 1.54) is 0 Å². The van der Waals surface area contributed by atoms with Gasteiger partial charge in [-0.1, -0.05) is 0 Å². The van der Waals surface area contributed by atoms with E-state index in [0.29, 0.717) is 5.76 Å². The first-order valence-electron chi connectivity index (χ1n) is 3.07. The van der Waals surface area contributed by atoms with E-state index in [2.05, 4.69) is 21.6 Å². The van der Waals surface area contributed by atoms with Crippen molar-refractivity contribution < 1.29 is 4.52 Å². The quantitative estimate of drug-likeness (QED) is 0.600. The van der Waals surface area contributed by atoms with Crippen molar-refractivity contribution in [1.82, 2.24) is 15.4 Å². The molecule has 0 saturated carbocycles. The molecule has 2 aromatic heterocycles. The number of rotatable bonds is 1. The molecule has 0 fully saturated rings. The summed E-state index contributed by atoms with van der Waals surface area (Å²) < 4.78 is 4.78. The molecule has 0 spiro atoms. The molecule has 2 aromatic rings. The van der Waals surface area contributed by atoms with Crippen LogP contribution in [-0.4, -0.2) is 15.4 Å². The Balaban J connectivity index is 2.46. The zero-order valence-electron chi connectivity index (χ0n) is 5.56. The van der Waals surface area contributed by atoms with Crippen LogP contribution in [0.3, 0.4) is 0 Å². The van der Waals surface area contributed by atoms with E-state index in [9.17, 15) is 0 Å². The summed E-state index contributed by atoms with van der Waals surface area (Å²) in [6, 6.07) is 3.61. The van der Waals surface area contributed by atoms with Crippen molar-refractivity contribution in [3.63, 3.8) is 0 Å². The third-order valence-corrected chi connectivity index (χ3v) is 1.27. The molecular weight excluding hydrogens is 142 g/mol. The van der Waals surface area contributed by atoms with Gasteiger partial charge in [-0.15, -0.1) is 5.10 Å². The van der Waals surface area contributed by atoms with Crippen molar-refractivity contribution in [1.29, 1.82) is 0 Å². The molecule has 0 bridgehead atoms. The Kier molecular flexibility index (Phi) is 1.37. The molecule has 0 amide bonds. The molecule has 4 heteroatoms. The maximum atomic E-state index is 4.78. The van der Waals surface area contributed by atoms with Crippen molar-refractivity contribution in [2.24, 2.45) is 0 Å². The van der Waals surface area contributed by atoms with Crippen molar-refractivity contribution in [3.8, 4) is 11.3 Å². The van der Waals surface area contributed by atoms with Gasteiger partial charge in [0.15, 0.2) is 12.0 Å². The molecule has 0 unspecified atom stereocenters. The van der Waals surface area contributed by atoms with Gasteiger partial charge < -0.3 is 4.52 Å². The third-order valence-electron chi connectivity index (χ3n) is 1.27. The lowest BCUT2D eigenvalue weighted by Crippen LogP contribution is -1.73. The molecule has 4 nitrogen and oxygen atoms in total. The molecule has 0 aliphatic heterocycles. The fourth-order valence-electron chi connectivity index (χ4n) is 0.768. The lowest BCUT2D eigenvalue weighted by molar-refractivity contribution is 0.403. The minimum Gasteiger partial charge on any atom is -0.336 e. The largest absolute Gasteiger partial charge is 0.336 e. The van der Waals surface area contributed by atoms with Crippen LogP contribution in [0.2, 0.25) is 0 Å². The number of nitrogens with zero attached hydrogens (tertiary/aromatic N) is 3. The minimum atomic E-state index is 0.535. The average Bonchev–Trinajstić information content (AvgIpc) is 2.58. The summed E-state index contributed by atoms with van der Waals surface area (Å²) in [5.74, 6) is 0.535. The maximum Gasteiger partial charge on any atom is 0.197 e. The van der Waals surface area contributed by atoms with Gasteiger partial charge in [-0.2, -0.15) is 0 Å². The first kappa shape index (κ1) is 6.03. The second-order valence-corrected chi connectivity index (χ2v) is 1.95. The predicted octanol–water partition coefficient (Wildman–Crippen LogP) is 0.932. The van der Waals surface area contributed by atoms with E-state index < -0.39 is 0 Å². The van der Waals surface area contributed by atoms with Crippen LogP contribution in [0.1, 0.15) is 0 Å². The Bertz CT molecular complexity index is 317.